The van der Waals surface area contributed by atoms with E-state index in [0.29, 0.717) is 6.61 Å². The van der Waals surface area contributed by atoms with Crippen LogP contribution in [0.4, 0.5) is 0 Å². The van der Waals surface area contributed by atoms with E-state index in [-0.39, 0.29) is 0 Å². The van der Waals surface area contributed by atoms with Crippen LogP contribution in [0, 0.1) is 0 Å². The van der Waals surface area contributed by atoms with E-state index < -0.39 is 0 Å². The molecule has 0 amide bonds. The minimum absolute atomic E-state index is 0.631. The van der Waals surface area contributed by atoms with E-state index in [2.05, 4.69) is 19.7 Å². The fourth-order valence-electron chi connectivity index (χ4n) is 0.700. The zero-order valence-electron chi connectivity index (χ0n) is 6.97. The van der Waals surface area contributed by atoms with E-state index in [0.717, 1.165) is 11.3 Å². The van der Waals surface area contributed by atoms with Crippen molar-refractivity contribution in [2.45, 2.75) is 6.92 Å². The van der Waals surface area contributed by atoms with Crippen LogP contribution in [0.1, 0.15) is 6.92 Å². The maximum atomic E-state index is 5.25. The number of ether oxygens (including phenoxy) is 1. The van der Waals surface area contributed by atoms with Gasteiger partial charge in [-0.1, -0.05) is 31.9 Å². The molecule has 0 aromatic carbocycles. The molecular formula is C10H14O. The van der Waals surface area contributed by atoms with Gasteiger partial charge in [-0.25, -0.2) is 0 Å². The van der Waals surface area contributed by atoms with Crippen molar-refractivity contribution >= 4 is 0 Å². The van der Waals surface area contributed by atoms with Gasteiger partial charge in [0.2, 0.25) is 0 Å². The Hall–Kier alpha value is -1.24. The Morgan fingerprint density at radius 1 is 1.18 bits per heavy atom. The average Bonchev–Trinajstić information content (AvgIpc) is 2.05. The molecule has 0 heterocycles. The molecule has 60 valence electrons. The Bertz CT molecular complexity index is 177. The van der Waals surface area contributed by atoms with Crippen LogP contribution in [0.5, 0.6) is 0 Å². The average molecular weight is 150 g/mol. The van der Waals surface area contributed by atoms with Gasteiger partial charge in [-0.15, -0.1) is 0 Å². The first-order valence-electron chi connectivity index (χ1n) is 3.54. The van der Waals surface area contributed by atoms with Gasteiger partial charge < -0.3 is 4.74 Å². The molecule has 0 saturated heterocycles. The van der Waals surface area contributed by atoms with Gasteiger partial charge in [0.1, 0.15) is 5.76 Å². The summed E-state index contributed by atoms with van der Waals surface area (Å²) >= 11 is 0. The summed E-state index contributed by atoms with van der Waals surface area (Å²) in [6.45, 7) is 13.4. The van der Waals surface area contributed by atoms with Gasteiger partial charge in [0.25, 0.3) is 0 Å². The van der Waals surface area contributed by atoms with Crippen molar-refractivity contribution in [2.75, 3.05) is 6.61 Å². The van der Waals surface area contributed by atoms with E-state index in [1.807, 2.05) is 6.92 Å². The lowest BCUT2D eigenvalue weighted by molar-refractivity contribution is 0.241. The lowest BCUT2D eigenvalue weighted by Crippen LogP contribution is -1.90. The molecule has 0 fully saturated rings. The maximum absolute atomic E-state index is 5.25. The molecule has 0 aromatic heterocycles. The van der Waals surface area contributed by atoms with Crippen LogP contribution in [-0.4, -0.2) is 6.61 Å². The Labute approximate surface area is 68.4 Å². The standard InChI is InChI=1S/C10H14O/c1-5-9(6-2)10(7-3)11-8-4/h5-7H,1-3,8H2,4H3. The molecule has 11 heavy (non-hydrogen) atoms. The van der Waals surface area contributed by atoms with Crippen molar-refractivity contribution in [1.82, 2.24) is 0 Å². The smallest absolute Gasteiger partial charge is 0.125 e. The highest BCUT2D eigenvalue weighted by Gasteiger charge is 1.94. The summed E-state index contributed by atoms with van der Waals surface area (Å²) in [6.07, 6.45) is 5.04. The summed E-state index contributed by atoms with van der Waals surface area (Å²) in [7, 11) is 0. The van der Waals surface area contributed by atoms with E-state index in [4.69, 9.17) is 4.74 Å². The molecule has 0 radical (unpaired) electrons. The Morgan fingerprint density at radius 2 is 1.73 bits per heavy atom. The molecule has 0 N–H and O–H groups in total. The molecule has 0 atom stereocenters. The summed E-state index contributed by atoms with van der Waals surface area (Å²) < 4.78 is 5.25. The molecule has 0 rings (SSSR count). The summed E-state index contributed by atoms with van der Waals surface area (Å²) in [5.74, 6) is 0.734. The second-order valence-electron chi connectivity index (χ2n) is 1.86. The third kappa shape index (κ3) is 2.89. The van der Waals surface area contributed by atoms with Crippen molar-refractivity contribution in [1.29, 1.82) is 0 Å². The fraction of sp³-hybridized carbons (Fsp3) is 0.200. The highest BCUT2D eigenvalue weighted by atomic mass is 16.5. The van der Waals surface area contributed by atoms with Gasteiger partial charge >= 0.3 is 0 Å². The van der Waals surface area contributed by atoms with Crippen molar-refractivity contribution in [3.8, 4) is 0 Å². The van der Waals surface area contributed by atoms with Crippen molar-refractivity contribution in [3.05, 3.63) is 49.3 Å². The highest BCUT2D eigenvalue weighted by molar-refractivity contribution is 5.35. The fourth-order valence-corrected chi connectivity index (χ4v) is 0.700. The molecule has 1 nitrogen and oxygen atoms in total. The molecule has 0 aliphatic heterocycles. The van der Waals surface area contributed by atoms with Crippen LogP contribution in [0.25, 0.3) is 0 Å². The van der Waals surface area contributed by atoms with Gasteiger partial charge in [0.05, 0.1) is 6.61 Å². The third-order valence-corrected chi connectivity index (χ3v) is 1.21. The molecular weight excluding hydrogens is 136 g/mol. The quantitative estimate of drug-likeness (QED) is 0.432. The van der Waals surface area contributed by atoms with Crippen LogP contribution >= 0.6 is 0 Å². The molecule has 0 aliphatic rings. The van der Waals surface area contributed by atoms with E-state index >= 15 is 0 Å². The second kappa shape index (κ2) is 5.54. The molecule has 0 unspecified atom stereocenters. The number of hydrogen-bond acceptors (Lipinski definition) is 1. The molecule has 1 heteroatoms. The van der Waals surface area contributed by atoms with Crippen LogP contribution in [-0.2, 0) is 4.74 Å². The summed E-state index contributed by atoms with van der Waals surface area (Å²) in [5, 5.41) is 0. The van der Waals surface area contributed by atoms with Gasteiger partial charge in [-0.3, -0.25) is 0 Å². The number of allylic oxidation sites excluding steroid dienone is 4. The zero-order chi connectivity index (χ0) is 8.69. The normalized spacial score (nSPS) is 8.09. The van der Waals surface area contributed by atoms with Gasteiger partial charge in [-0.2, -0.15) is 0 Å². The second-order valence-corrected chi connectivity index (χ2v) is 1.86. The largest absolute Gasteiger partial charge is 0.493 e. The SMILES string of the molecule is C=CC(C=C)=C(C=C)OCC. The summed E-state index contributed by atoms with van der Waals surface area (Å²) in [4.78, 5) is 0. The molecule has 0 bridgehead atoms. The Balaban J connectivity index is 4.60. The molecule has 0 spiro atoms. The minimum Gasteiger partial charge on any atom is -0.493 e. The van der Waals surface area contributed by atoms with Gasteiger partial charge in [0.15, 0.2) is 0 Å². The van der Waals surface area contributed by atoms with E-state index in [9.17, 15) is 0 Å². The first-order chi connectivity index (χ1) is 5.29. The van der Waals surface area contributed by atoms with Crippen LogP contribution < -0.4 is 0 Å². The van der Waals surface area contributed by atoms with Crippen molar-refractivity contribution in [3.63, 3.8) is 0 Å². The highest BCUT2D eigenvalue weighted by Crippen LogP contribution is 2.08. The third-order valence-electron chi connectivity index (χ3n) is 1.21. The topological polar surface area (TPSA) is 9.23 Å². The van der Waals surface area contributed by atoms with Crippen LogP contribution in [0.3, 0.4) is 0 Å². The van der Waals surface area contributed by atoms with E-state index in [1.54, 1.807) is 18.2 Å². The van der Waals surface area contributed by atoms with Crippen LogP contribution in [0.15, 0.2) is 49.3 Å². The molecule has 0 saturated carbocycles. The number of hydrogen-bond donors (Lipinski definition) is 0. The molecule has 0 aliphatic carbocycles. The Morgan fingerprint density at radius 3 is 2.00 bits per heavy atom. The predicted octanol–water partition coefficient (Wildman–Crippen LogP) is 2.84. The monoisotopic (exact) mass is 150 g/mol. The Kier molecular flexibility index (Phi) is 4.91. The summed E-state index contributed by atoms with van der Waals surface area (Å²) in [5.41, 5.74) is 0.877. The van der Waals surface area contributed by atoms with Gasteiger partial charge in [0, 0.05) is 5.57 Å². The van der Waals surface area contributed by atoms with Crippen molar-refractivity contribution in [2.24, 2.45) is 0 Å². The molecule has 0 aromatic rings. The van der Waals surface area contributed by atoms with E-state index in [1.165, 1.54) is 0 Å². The first-order valence-corrected chi connectivity index (χ1v) is 3.54. The van der Waals surface area contributed by atoms with Gasteiger partial charge in [-0.05, 0) is 13.0 Å². The maximum Gasteiger partial charge on any atom is 0.125 e. The zero-order valence-corrected chi connectivity index (χ0v) is 6.97. The predicted molar refractivity (Wildman–Crippen MR) is 49.2 cm³/mol. The summed E-state index contributed by atoms with van der Waals surface area (Å²) in [6, 6.07) is 0. The minimum atomic E-state index is 0.631. The van der Waals surface area contributed by atoms with Crippen molar-refractivity contribution < 1.29 is 4.74 Å². The first kappa shape index (κ1) is 9.76. The lowest BCUT2D eigenvalue weighted by Gasteiger charge is -2.05. The lowest BCUT2D eigenvalue weighted by atomic mass is 10.2. The van der Waals surface area contributed by atoms with Crippen LogP contribution in [0.2, 0.25) is 0 Å². The number of rotatable bonds is 5.